The van der Waals surface area contributed by atoms with Crippen LogP contribution in [-0.2, 0) is 4.79 Å². The molecule has 1 aromatic carbocycles. The molecule has 0 radical (unpaired) electrons. The maximum atomic E-state index is 12.1. The second-order valence-corrected chi connectivity index (χ2v) is 7.81. The van der Waals surface area contributed by atoms with Crippen LogP contribution in [0.25, 0.3) is 0 Å². The van der Waals surface area contributed by atoms with Gasteiger partial charge in [0.25, 0.3) is 5.91 Å². The van der Waals surface area contributed by atoms with Gasteiger partial charge in [-0.2, -0.15) is 0 Å². The van der Waals surface area contributed by atoms with Crippen LogP contribution < -0.4 is 10.6 Å². The Bertz CT molecular complexity index is 727. The van der Waals surface area contributed by atoms with Gasteiger partial charge in [-0.05, 0) is 37.1 Å². The summed E-state index contributed by atoms with van der Waals surface area (Å²) in [5.41, 5.74) is 1.16. The summed E-state index contributed by atoms with van der Waals surface area (Å²) in [6.07, 6.45) is 0.908. The zero-order valence-corrected chi connectivity index (χ0v) is 14.4. The van der Waals surface area contributed by atoms with Crippen molar-refractivity contribution < 1.29 is 9.59 Å². The minimum Gasteiger partial charge on any atom is -0.348 e. The smallest absolute Gasteiger partial charge is 0.261 e. The molecule has 2 amide bonds. The predicted octanol–water partition coefficient (Wildman–Crippen LogP) is 3.14. The Morgan fingerprint density at radius 2 is 2.04 bits per heavy atom. The van der Waals surface area contributed by atoms with Crippen molar-refractivity contribution in [3.05, 3.63) is 51.7 Å². The van der Waals surface area contributed by atoms with Crippen LogP contribution in [0.1, 0.15) is 32.6 Å². The first-order valence-electron chi connectivity index (χ1n) is 7.49. The Balaban J connectivity index is 1.55. The van der Waals surface area contributed by atoms with Gasteiger partial charge in [0.1, 0.15) is 0 Å². The van der Waals surface area contributed by atoms with Crippen molar-refractivity contribution in [2.24, 2.45) is 0 Å². The number of thioether (sulfide) groups is 1. The molecule has 2 N–H and O–H groups in total. The van der Waals surface area contributed by atoms with Gasteiger partial charge in [-0.3, -0.25) is 9.59 Å². The summed E-state index contributed by atoms with van der Waals surface area (Å²) < 4.78 is 0. The minimum absolute atomic E-state index is 0.00158. The molecule has 0 unspecified atom stereocenters. The molecule has 3 rings (SSSR count). The van der Waals surface area contributed by atoms with Crippen molar-refractivity contribution in [3.8, 4) is 0 Å². The summed E-state index contributed by atoms with van der Waals surface area (Å²) in [6.45, 7) is 1.95. The topological polar surface area (TPSA) is 58.2 Å². The van der Waals surface area contributed by atoms with E-state index in [1.807, 2.05) is 36.9 Å². The second-order valence-electron chi connectivity index (χ2n) is 5.39. The summed E-state index contributed by atoms with van der Waals surface area (Å²) in [5, 5.41) is 5.70. The number of hydrogen-bond acceptors (Lipinski definition) is 4. The predicted molar refractivity (Wildman–Crippen MR) is 94.1 cm³/mol. The van der Waals surface area contributed by atoms with E-state index in [0.29, 0.717) is 4.88 Å². The monoisotopic (exact) mass is 346 g/mol. The van der Waals surface area contributed by atoms with Crippen molar-refractivity contribution in [2.45, 2.75) is 24.3 Å². The Hall–Kier alpha value is -1.79. The molecule has 1 atom stereocenters. The van der Waals surface area contributed by atoms with Gasteiger partial charge in [0, 0.05) is 15.5 Å². The number of fused-ring (bicyclic) bond motifs is 1. The summed E-state index contributed by atoms with van der Waals surface area (Å²) in [4.78, 5) is 27.0. The molecule has 0 aliphatic carbocycles. The summed E-state index contributed by atoms with van der Waals surface area (Å²) in [6, 6.07) is 11.8. The lowest BCUT2D eigenvalue weighted by molar-refractivity contribution is -0.120. The number of carbonyl (C=O) groups excluding carboxylic acids is 2. The standard InChI is InChI=1S/C17H18N2O2S2/c1-11-6-7-15(23-11)17(21)18-10-16(20)19-13-8-9-22-14-5-3-2-4-12(13)14/h2-7,13H,8-10H2,1H3,(H,18,21)(H,19,20)/t13-/m1/s1. The Kier molecular flexibility index (Phi) is 5.03. The number of hydrogen-bond donors (Lipinski definition) is 2. The molecule has 1 aliphatic heterocycles. The fraction of sp³-hybridized carbons (Fsp3) is 0.294. The normalized spacial score (nSPS) is 16.5. The largest absolute Gasteiger partial charge is 0.348 e. The summed E-state index contributed by atoms with van der Waals surface area (Å²) in [5.74, 6) is 0.638. The van der Waals surface area contributed by atoms with Gasteiger partial charge >= 0.3 is 0 Å². The van der Waals surface area contributed by atoms with E-state index in [-0.39, 0.29) is 24.4 Å². The molecule has 2 heterocycles. The quantitative estimate of drug-likeness (QED) is 0.894. The molecule has 0 fully saturated rings. The van der Waals surface area contributed by atoms with E-state index in [2.05, 4.69) is 22.8 Å². The number of nitrogens with one attached hydrogen (secondary N) is 2. The highest BCUT2D eigenvalue weighted by Crippen LogP contribution is 2.35. The SMILES string of the molecule is Cc1ccc(C(=O)NCC(=O)N[C@@H]2CCSc3ccccc32)s1. The van der Waals surface area contributed by atoms with Crippen molar-refractivity contribution >= 4 is 34.9 Å². The second kappa shape index (κ2) is 7.19. The van der Waals surface area contributed by atoms with Gasteiger partial charge < -0.3 is 10.6 Å². The average Bonchev–Trinajstić information content (AvgIpc) is 2.99. The van der Waals surface area contributed by atoms with E-state index < -0.39 is 0 Å². The van der Waals surface area contributed by atoms with E-state index in [1.165, 1.54) is 16.2 Å². The van der Waals surface area contributed by atoms with Crippen molar-refractivity contribution in [3.63, 3.8) is 0 Å². The van der Waals surface area contributed by atoms with Crippen molar-refractivity contribution in [2.75, 3.05) is 12.3 Å². The fourth-order valence-corrected chi connectivity index (χ4v) is 4.45. The molecule has 1 aromatic heterocycles. The molecule has 0 saturated carbocycles. The molecule has 4 nitrogen and oxygen atoms in total. The zero-order valence-electron chi connectivity index (χ0n) is 12.8. The molecule has 0 bridgehead atoms. The lowest BCUT2D eigenvalue weighted by Gasteiger charge is -2.25. The lowest BCUT2D eigenvalue weighted by atomic mass is 10.0. The third kappa shape index (κ3) is 3.95. The number of amides is 2. The van der Waals surface area contributed by atoms with Crippen LogP contribution in [0, 0.1) is 6.92 Å². The van der Waals surface area contributed by atoms with Gasteiger partial charge in [0.15, 0.2) is 0 Å². The summed E-state index contributed by atoms with van der Waals surface area (Å²) >= 11 is 3.25. The zero-order chi connectivity index (χ0) is 16.2. The molecule has 1 aliphatic rings. The van der Waals surface area contributed by atoms with E-state index >= 15 is 0 Å². The molecule has 0 saturated heterocycles. The van der Waals surface area contributed by atoms with Crippen molar-refractivity contribution in [1.82, 2.24) is 10.6 Å². The highest BCUT2D eigenvalue weighted by atomic mass is 32.2. The number of carbonyl (C=O) groups is 2. The first-order valence-corrected chi connectivity index (χ1v) is 9.29. The highest BCUT2D eigenvalue weighted by Gasteiger charge is 2.22. The Morgan fingerprint density at radius 3 is 2.83 bits per heavy atom. The van der Waals surface area contributed by atoms with E-state index in [1.54, 1.807) is 6.07 Å². The lowest BCUT2D eigenvalue weighted by Crippen LogP contribution is -2.39. The first kappa shape index (κ1) is 16.1. The minimum atomic E-state index is -0.196. The van der Waals surface area contributed by atoms with E-state index in [4.69, 9.17) is 0 Å². The van der Waals surface area contributed by atoms with E-state index in [0.717, 1.165) is 22.6 Å². The molecule has 2 aromatic rings. The van der Waals surface area contributed by atoms with Gasteiger partial charge in [-0.1, -0.05) is 18.2 Å². The van der Waals surface area contributed by atoms with Crippen LogP contribution >= 0.6 is 23.1 Å². The van der Waals surface area contributed by atoms with Crippen LogP contribution in [0.2, 0.25) is 0 Å². The third-order valence-electron chi connectivity index (χ3n) is 3.67. The van der Waals surface area contributed by atoms with Crippen molar-refractivity contribution in [1.29, 1.82) is 0 Å². The molecular weight excluding hydrogens is 328 g/mol. The maximum absolute atomic E-state index is 12.1. The highest BCUT2D eigenvalue weighted by molar-refractivity contribution is 7.99. The molecule has 120 valence electrons. The summed E-state index contributed by atoms with van der Waals surface area (Å²) in [7, 11) is 0. The van der Waals surface area contributed by atoms with Gasteiger partial charge in [0.2, 0.25) is 5.91 Å². The van der Waals surface area contributed by atoms with Crippen LogP contribution in [0.3, 0.4) is 0 Å². The van der Waals surface area contributed by atoms with E-state index in [9.17, 15) is 9.59 Å². The van der Waals surface area contributed by atoms with Crippen LogP contribution in [0.4, 0.5) is 0 Å². The first-order chi connectivity index (χ1) is 11.1. The third-order valence-corrected chi connectivity index (χ3v) is 5.79. The number of aryl methyl sites for hydroxylation is 1. The average molecular weight is 346 g/mol. The van der Waals surface area contributed by atoms with Crippen LogP contribution in [0.5, 0.6) is 0 Å². The Morgan fingerprint density at radius 1 is 1.22 bits per heavy atom. The van der Waals surface area contributed by atoms with Gasteiger partial charge in [-0.15, -0.1) is 23.1 Å². The molecule has 23 heavy (non-hydrogen) atoms. The van der Waals surface area contributed by atoms with Gasteiger partial charge in [-0.25, -0.2) is 0 Å². The Labute approximate surface area is 143 Å². The number of thiophene rings is 1. The maximum Gasteiger partial charge on any atom is 0.261 e. The van der Waals surface area contributed by atoms with Gasteiger partial charge in [0.05, 0.1) is 17.5 Å². The molecule has 0 spiro atoms. The molecule has 6 heteroatoms. The van der Waals surface area contributed by atoms with Crippen LogP contribution in [0.15, 0.2) is 41.3 Å². The number of rotatable bonds is 4. The van der Waals surface area contributed by atoms with Crippen LogP contribution in [-0.4, -0.2) is 24.1 Å². The molecular formula is C17H18N2O2S2. The number of benzene rings is 1. The fourth-order valence-electron chi connectivity index (χ4n) is 2.54.